The van der Waals surface area contributed by atoms with Gasteiger partial charge in [-0.15, -0.1) is 0 Å². The molecule has 0 aliphatic heterocycles. The Labute approximate surface area is 804 Å². The van der Waals surface area contributed by atoms with E-state index < -0.39 is 0 Å². The minimum Gasteiger partial charge on any atom is -0.456 e. The van der Waals surface area contributed by atoms with E-state index in [4.69, 9.17) is 13.3 Å². The van der Waals surface area contributed by atoms with Crippen molar-refractivity contribution >= 4 is 192 Å². The summed E-state index contributed by atoms with van der Waals surface area (Å²) >= 11 is 0. The van der Waals surface area contributed by atoms with Gasteiger partial charge in [-0.2, -0.15) is 0 Å². The Balaban J connectivity index is 0.000000108. The van der Waals surface area contributed by atoms with Crippen LogP contribution in [0.15, 0.2) is 517 Å². The zero-order valence-corrected chi connectivity index (χ0v) is 76.5. The average Bonchev–Trinajstić information content (AvgIpc) is 1.58. The number of hydrogen-bond acceptors (Lipinski definition) is 6. The summed E-state index contributed by atoms with van der Waals surface area (Å²) < 4.78 is 19.5. The lowest BCUT2D eigenvalue weighted by Gasteiger charge is -2.28. The first-order chi connectivity index (χ1) is 68.7. The zero-order valence-electron chi connectivity index (χ0n) is 76.5. The second kappa shape index (κ2) is 33.8. The molecule has 139 heavy (non-hydrogen) atoms. The van der Waals surface area contributed by atoms with Crippen LogP contribution in [0.1, 0.15) is 25.0 Å². The van der Waals surface area contributed by atoms with Crippen LogP contribution < -0.4 is 14.7 Å². The van der Waals surface area contributed by atoms with E-state index in [2.05, 4.69) is 532 Å². The highest BCUT2D eigenvalue weighted by Gasteiger charge is 2.36. The van der Waals surface area contributed by atoms with E-state index in [1.165, 1.54) is 136 Å². The molecule has 654 valence electrons. The quantitative estimate of drug-likeness (QED) is 0.107. The average molecular weight is 1780 g/mol. The molecule has 0 unspecified atom stereocenters. The molecule has 0 fully saturated rings. The Bertz CT molecular complexity index is 9420. The van der Waals surface area contributed by atoms with Crippen LogP contribution in [0.25, 0.3) is 197 Å². The van der Waals surface area contributed by atoms with Crippen LogP contribution in [0.3, 0.4) is 0 Å². The van der Waals surface area contributed by atoms with E-state index in [0.717, 1.165) is 123 Å². The highest BCUT2D eigenvalue weighted by molar-refractivity contribution is 6.30. The van der Waals surface area contributed by atoms with Crippen LogP contribution >= 0.6 is 0 Å². The molecule has 0 saturated carbocycles. The molecule has 3 heterocycles. The minimum atomic E-state index is -0.0678. The van der Waals surface area contributed by atoms with Gasteiger partial charge < -0.3 is 28.0 Å². The highest BCUT2D eigenvalue weighted by atomic mass is 16.3. The molecule has 0 N–H and O–H groups in total. The largest absolute Gasteiger partial charge is 0.456 e. The van der Waals surface area contributed by atoms with Gasteiger partial charge in [0.1, 0.15) is 33.5 Å². The van der Waals surface area contributed by atoms with Gasteiger partial charge in [0.05, 0.1) is 5.69 Å². The van der Waals surface area contributed by atoms with Crippen molar-refractivity contribution in [3.63, 3.8) is 0 Å². The van der Waals surface area contributed by atoms with Crippen molar-refractivity contribution < 1.29 is 13.3 Å². The molecular weight excluding hydrogens is 1690 g/mol. The fourth-order valence-electron chi connectivity index (χ4n) is 21.9. The first-order valence-electron chi connectivity index (χ1n) is 47.7. The van der Waals surface area contributed by atoms with Crippen molar-refractivity contribution in [2.24, 2.45) is 0 Å². The summed E-state index contributed by atoms with van der Waals surface area (Å²) in [6, 6.07) is 180. The standard InChI is InChI=1S/C47H33NO.C44H29NO.C42H27NO/c1-47(2)41-15-9-8-14-38(41)39-25-24-36(29-42(39)47)48(34-11-4-3-5-12-34)35-22-18-30(19-23-35)33-21-26-43-40(28-33)46-44(49-43)27-20-32-17-16-31-10-6-7-13-37(31)45(32)46;1-3-16-35(17-4-1)45(36-18-5-2-6-19-36)37-20-10-14-33(29-37)32-13-9-15-34(28-32)39-22-11-23-40-43-41(46-44(39)40)27-26-31-25-24-30-12-7-8-21-38(30)42(31)43;1-3-12-31(13-4-1)43(32-14-5-2-6-15-32)38-24-23-33(35-17-9-10-18-36(35)38)30-22-25-39-37(27-30)42-40(44-39)26-21-29-20-19-28-11-7-8-16-34(28)41(29)42/h3-29H,1-2H3;1-29H;1-27H. The molecule has 0 radical (unpaired) electrons. The number of fused-ring (bicyclic) bond motifs is 25. The predicted molar refractivity (Wildman–Crippen MR) is 587 cm³/mol. The maximum Gasteiger partial charge on any atom is 0.143 e. The number of furan rings is 3. The zero-order chi connectivity index (χ0) is 92.2. The van der Waals surface area contributed by atoms with Crippen molar-refractivity contribution in [3.05, 3.63) is 515 Å². The minimum absolute atomic E-state index is 0.0678. The van der Waals surface area contributed by atoms with E-state index in [1.54, 1.807) is 0 Å². The summed E-state index contributed by atoms with van der Waals surface area (Å²) in [4.78, 5) is 7.01. The topological polar surface area (TPSA) is 49.1 Å². The molecule has 0 amide bonds. The van der Waals surface area contributed by atoms with Crippen molar-refractivity contribution in [1.82, 2.24) is 0 Å². The lowest BCUT2D eigenvalue weighted by molar-refractivity contribution is 0.660. The summed E-state index contributed by atoms with van der Waals surface area (Å²) in [7, 11) is 0. The molecule has 0 atom stereocenters. The van der Waals surface area contributed by atoms with Crippen LogP contribution in [0.4, 0.5) is 51.2 Å². The smallest absolute Gasteiger partial charge is 0.143 e. The van der Waals surface area contributed by atoms with Crippen LogP contribution in [0, 0.1) is 0 Å². The van der Waals surface area contributed by atoms with Gasteiger partial charge in [0.15, 0.2) is 0 Å². The Morgan fingerprint density at radius 3 is 1.05 bits per heavy atom. The molecular formula is C133H89N3O3. The first kappa shape index (κ1) is 81.6. The third kappa shape index (κ3) is 14.2. The number of nitrogens with zero attached hydrogens (tertiary/aromatic N) is 3. The maximum atomic E-state index is 6.68. The SMILES string of the molecule is CC1(C)c2ccccc2-c2ccc(N(c3ccccc3)c3ccc(-c4ccc5oc6ccc7ccc8ccccc8c7c6c5c4)cc3)cc21.c1ccc(N(c2ccccc2)c2ccc(-c3ccc4oc5ccc6ccc7ccccc7c6c5c4c3)c3ccccc23)cc1.c1ccc(N(c2ccccc2)c2cccc(-c3cccc(-c4cccc5c4oc4ccc6ccc7ccccc7c6c45)c3)c2)cc1. The highest BCUT2D eigenvalue weighted by Crippen LogP contribution is 2.53. The summed E-state index contributed by atoms with van der Waals surface area (Å²) in [5.41, 5.74) is 30.3. The Morgan fingerprint density at radius 1 is 0.165 bits per heavy atom. The van der Waals surface area contributed by atoms with Crippen molar-refractivity contribution in [3.8, 4) is 55.6 Å². The molecule has 1 aliphatic rings. The van der Waals surface area contributed by atoms with Gasteiger partial charge in [0.2, 0.25) is 0 Å². The molecule has 24 aromatic carbocycles. The van der Waals surface area contributed by atoms with Crippen molar-refractivity contribution in [2.75, 3.05) is 14.7 Å². The third-order valence-corrected chi connectivity index (χ3v) is 28.5. The van der Waals surface area contributed by atoms with Crippen LogP contribution in [0.2, 0.25) is 0 Å². The molecule has 3 aromatic heterocycles. The molecule has 0 spiro atoms. The predicted octanol–water partition coefficient (Wildman–Crippen LogP) is 38.2. The van der Waals surface area contributed by atoms with Crippen LogP contribution in [0.5, 0.6) is 0 Å². The van der Waals surface area contributed by atoms with E-state index in [0.29, 0.717) is 0 Å². The molecule has 28 rings (SSSR count). The van der Waals surface area contributed by atoms with E-state index in [1.807, 2.05) is 0 Å². The lowest BCUT2D eigenvalue weighted by atomic mass is 9.82. The number of para-hydroxylation sites is 6. The first-order valence-corrected chi connectivity index (χ1v) is 47.7. The van der Waals surface area contributed by atoms with Gasteiger partial charge >= 0.3 is 0 Å². The maximum absolute atomic E-state index is 6.68. The van der Waals surface area contributed by atoms with Gasteiger partial charge in [-0.25, -0.2) is 0 Å². The molecule has 6 heteroatoms. The van der Waals surface area contributed by atoms with Gasteiger partial charge in [0.25, 0.3) is 0 Å². The van der Waals surface area contributed by atoms with Gasteiger partial charge in [-0.3, -0.25) is 0 Å². The van der Waals surface area contributed by atoms with E-state index in [-0.39, 0.29) is 5.41 Å². The van der Waals surface area contributed by atoms with E-state index in [9.17, 15) is 0 Å². The Kier molecular flexibility index (Phi) is 19.9. The molecule has 1 aliphatic carbocycles. The molecule has 0 bridgehead atoms. The molecule has 6 nitrogen and oxygen atoms in total. The second-order valence-corrected chi connectivity index (χ2v) is 36.8. The summed E-state index contributed by atoms with van der Waals surface area (Å²) in [5, 5.41) is 24.3. The van der Waals surface area contributed by atoms with E-state index >= 15 is 0 Å². The third-order valence-electron chi connectivity index (χ3n) is 28.5. The fraction of sp³-hybridized carbons (Fsp3) is 0.0226. The van der Waals surface area contributed by atoms with Gasteiger partial charge in [-0.05, 0) is 267 Å². The van der Waals surface area contributed by atoms with Gasteiger partial charge in [-0.1, -0.05) is 366 Å². The lowest BCUT2D eigenvalue weighted by Crippen LogP contribution is -2.16. The number of hydrogen-bond donors (Lipinski definition) is 0. The molecule has 27 aromatic rings. The van der Waals surface area contributed by atoms with Crippen molar-refractivity contribution in [1.29, 1.82) is 0 Å². The summed E-state index contributed by atoms with van der Waals surface area (Å²) in [5.74, 6) is 0. The number of rotatable bonds is 13. The number of benzene rings is 24. The van der Waals surface area contributed by atoms with Crippen molar-refractivity contribution in [2.45, 2.75) is 19.3 Å². The van der Waals surface area contributed by atoms with Gasteiger partial charge in [0, 0.05) is 110 Å². The summed E-state index contributed by atoms with van der Waals surface area (Å²) in [6.07, 6.45) is 0. The van der Waals surface area contributed by atoms with Crippen LogP contribution in [-0.4, -0.2) is 0 Å². The summed E-state index contributed by atoms with van der Waals surface area (Å²) in [6.45, 7) is 4.68. The fourth-order valence-corrected chi connectivity index (χ4v) is 21.9. The molecule has 0 saturated heterocycles. The van der Waals surface area contributed by atoms with Crippen LogP contribution in [-0.2, 0) is 5.41 Å². The number of anilines is 9. The monoisotopic (exact) mass is 1780 g/mol. The Morgan fingerprint density at radius 2 is 0.504 bits per heavy atom. The second-order valence-electron chi connectivity index (χ2n) is 36.8. The normalized spacial score (nSPS) is 12.2. The Hall–Kier alpha value is -18.1.